The molecule has 132 valence electrons. The molecule has 2 N–H and O–H groups in total. The minimum Gasteiger partial charge on any atom is -0.319 e. The lowest BCUT2D eigenvalue weighted by Crippen LogP contribution is -2.11. The number of hydrogen-bond acceptors (Lipinski definition) is 4. The zero-order valence-corrected chi connectivity index (χ0v) is 16.0. The van der Waals surface area contributed by atoms with Crippen molar-refractivity contribution in [3.05, 3.63) is 53.1 Å². The molecule has 0 spiro atoms. The number of aryl methyl sites for hydroxylation is 1. The predicted octanol–water partition coefficient (Wildman–Crippen LogP) is 4.04. The van der Waals surface area contributed by atoms with Crippen LogP contribution < -0.4 is 5.14 Å². The third-order valence-electron chi connectivity index (χ3n) is 3.74. The smallest absolute Gasteiger partial charge is 0.238 e. The molecule has 0 aliphatic rings. The summed E-state index contributed by atoms with van der Waals surface area (Å²) in [4.78, 5) is 4.70. The summed E-state index contributed by atoms with van der Waals surface area (Å²) in [5, 5.41) is 6.79. The van der Waals surface area contributed by atoms with Crippen molar-refractivity contribution in [1.82, 2.24) is 9.55 Å². The van der Waals surface area contributed by atoms with E-state index in [0.29, 0.717) is 10.5 Å². The fourth-order valence-electron chi connectivity index (χ4n) is 2.54. The SMILES string of the molecule is CCCn1c(SCc2ccc(Cl)cc2)nc2cc(S(N)(=O)=O)ccc21. The first kappa shape index (κ1) is 18.3. The van der Waals surface area contributed by atoms with E-state index in [0.717, 1.165) is 35.0 Å². The van der Waals surface area contributed by atoms with Crippen LogP contribution in [0, 0.1) is 0 Å². The van der Waals surface area contributed by atoms with Crippen molar-refractivity contribution in [2.75, 3.05) is 0 Å². The van der Waals surface area contributed by atoms with Crippen LogP contribution >= 0.6 is 23.4 Å². The Balaban J connectivity index is 1.95. The van der Waals surface area contributed by atoms with Gasteiger partial charge in [0.1, 0.15) is 0 Å². The minimum atomic E-state index is -3.74. The van der Waals surface area contributed by atoms with Gasteiger partial charge in [0.2, 0.25) is 10.0 Å². The van der Waals surface area contributed by atoms with Crippen molar-refractivity contribution >= 4 is 44.4 Å². The molecule has 0 aliphatic heterocycles. The molecule has 0 radical (unpaired) electrons. The van der Waals surface area contributed by atoms with Gasteiger partial charge in [-0.3, -0.25) is 0 Å². The zero-order valence-electron chi connectivity index (χ0n) is 13.6. The van der Waals surface area contributed by atoms with Crippen molar-refractivity contribution in [3.63, 3.8) is 0 Å². The fourth-order valence-corrected chi connectivity index (χ4v) is 4.20. The Morgan fingerprint density at radius 2 is 1.92 bits per heavy atom. The summed E-state index contributed by atoms with van der Waals surface area (Å²) in [6.07, 6.45) is 0.955. The van der Waals surface area contributed by atoms with E-state index in [2.05, 4.69) is 16.5 Å². The van der Waals surface area contributed by atoms with E-state index < -0.39 is 10.0 Å². The Morgan fingerprint density at radius 1 is 1.20 bits per heavy atom. The van der Waals surface area contributed by atoms with Crippen molar-refractivity contribution in [2.45, 2.75) is 35.7 Å². The fraction of sp³-hybridized carbons (Fsp3) is 0.235. The minimum absolute atomic E-state index is 0.0791. The third kappa shape index (κ3) is 4.17. The summed E-state index contributed by atoms with van der Waals surface area (Å²) in [7, 11) is -3.74. The normalized spacial score (nSPS) is 12.0. The summed E-state index contributed by atoms with van der Waals surface area (Å²) in [6.45, 7) is 2.91. The number of nitrogens with zero attached hydrogens (tertiary/aromatic N) is 2. The maximum atomic E-state index is 11.6. The van der Waals surface area contributed by atoms with Crippen LogP contribution in [-0.4, -0.2) is 18.0 Å². The number of thioether (sulfide) groups is 1. The molecule has 0 aliphatic carbocycles. The van der Waals surface area contributed by atoms with Crippen molar-refractivity contribution in [3.8, 4) is 0 Å². The van der Waals surface area contributed by atoms with Gasteiger partial charge >= 0.3 is 0 Å². The second-order valence-corrected chi connectivity index (χ2v) is 8.60. The number of imidazole rings is 1. The summed E-state index contributed by atoms with van der Waals surface area (Å²) >= 11 is 7.53. The Hall–Kier alpha value is -1.54. The van der Waals surface area contributed by atoms with E-state index in [1.807, 2.05) is 24.3 Å². The molecule has 0 unspecified atom stereocenters. The first-order valence-corrected chi connectivity index (χ1v) is 10.7. The molecule has 0 atom stereocenters. The Bertz CT molecular complexity index is 999. The van der Waals surface area contributed by atoms with Gasteiger partial charge in [-0.2, -0.15) is 0 Å². The Labute approximate surface area is 156 Å². The first-order chi connectivity index (χ1) is 11.9. The average Bonchev–Trinajstić information content (AvgIpc) is 2.91. The van der Waals surface area contributed by atoms with Gasteiger partial charge < -0.3 is 4.57 Å². The van der Waals surface area contributed by atoms with E-state index in [9.17, 15) is 8.42 Å². The number of aromatic nitrogens is 2. The van der Waals surface area contributed by atoms with Crippen LogP contribution in [-0.2, 0) is 22.3 Å². The average molecular weight is 396 g/mol. The number of fused-ring (bicyclic) bond motifs is 1. The number of nitrogens with two attached hydrogens (primary N) is 1. The number of primary sulfonamides is 1. The van der Waals surface area contributed by atoms with Crippen LogP contribution in [0.2, 0.25) is 5.02 Å². The van der Waals surface area contributed by atoms with E-state index in [4.69, 9.17) is 16.7 Å². The highest BCUT2D eigenvalue weighted by atomic mass is 35.5. The van der Waals surface area contributed by atoms with Crippen LogP contribution in [0.15, 0.2) is 52.5 Å². The number of halogens is 1. The van der Waals surface area contributed by atoms with Gasteiger partial charge in [-0.1, -0.05) is 42.4 Å². The quantitative estimate of drug-likeness (QED) is 0.639. The van der Waals surface area contributed by atoms with E-state index in [1.165, 1.54) is 12.1 Å². The van der Waals surface area contributed by atoms with Crippen molar-refractivity contribution in [2.24, 2.45) is 5.14 Å². The first-order valence-electron chi connectivity index (χ1n) is 7.79. The summed E-state index contributed by atoms with van der Waals surface area (Å²) in [6, 6.07) is 12.5. The molecule has 3 rings (SSSR count). The summed E-state index contributed by atoms with van der Waals surface area (Å²) in [5.74, 6) is 0.756. The van der Waals surface area contributed by atoms with Gasteiger partial charge in [-0.25, -0.2) is 18.5 Å². The van der Waals surface area contributed by atoms with Crippen LogP contribution in [0.4, 0.5) is 0 Å². The molecule has 5 nitrogen and oxygen atoms in total. The van der Waals surface area contributed by atoms with Gasteiger partial charge in [0, 0.05) is 17.3 Å². The maximum absolute atomic E-state index is 11.6. The second-order valence-electron chi connectivity index (χ2n) is 5.66. The largest absolute Gasteiger partial charge is 0.319 e. The highest BCUT2D eigenvalue weighted by Crippen LogP contribution is 2.28. The van der Waals surface area contributed by atoms with E-state index in [1.54, 1.807) is 17.8 Å². The molecule has 1 heterocycles. The highest BCUT2D eigenvalue weighted by Gasteiger charge is 2.15. The molecule has 3 aromatic rings. The van der Waals surface area contributed by atoms with E-state index in [-0.39, 0.29) is 4.90 Å². The van der Waals surface area contributed by atoms with Crippen molar-refractivity contribution < 1.29 is 8.42 Å². The molecule has 0 bridgehead atoms. The predicted molar refractivity (Wildman–Crippen MR) is 102 cm³/mol. The van der Waals surface area contributed by atoms with Gasteiger partial charge in [0.15, 0.2) is 5.16 Å². The summed E-state index contributed by atoms with van der Waals surface area (Å²) < 4.78 is 25.2. The molecule has 25 heavy (non-hydrogen) atoms. The highest BCUT2D eigenvalue weighted by molar-refractivity contribution is 7.98. The molecule has 2 aromatic carbocycles. The zero-order chi connectivity index (χ0) is 18.0. The Morgan fingerprint density at radius 3 is 2.56 bits per heavy atom. The summed E-state index contributed by atoms with van der Waals surface area (Å²) in [5.41, 5.74) is 2.70. The standard InChI is InChI=1S/C17H18ClN3O2S2/c1-2-9-21-16-8-7-14(25(19,22)23)10-15(16)20-17(21)24-11-12-3-5-13(18)6-4-12/h3-8,10H,2,9,11H2,1H3,(H2,19,22,23). The number of rotatable bonds is 6. The van der Waals surface area contributed by atoms with Gasteiger partial charge in [0.25, 0.3) is 0 Å². The van der Waals surface area contributed by atoms with Crippen LogP contribution in [0.5, 0.6) is 0 Å². The number of hydrogen-bond donors (Lipinski definition) is 1. The second kappa shape index (κ2) is 7.37. The molecule has 1 aromatic heterocycles. The molecule has 8 heteroatoms. The molecule has 0 saturated heterocycles. The third-order valence-corrected chi connectivity index (χ3v) is 5.95. The molecular formula is C17H18ClN3O2S2. The lowest BCUT2D eigenvalue weighted by atomic mass is 10.2. The molecular weight excluding hydrogens is 378 g/mol. The molecule has 0 amide bonds. The topological polar surface area (TPSA) is 78.0 Å². The van der Waals surface area contributed by atoms with Gasteiger partial charge in [-0.05, 0) is 42.3 Å². The van der Waals surface area contributed by atoms with E-state index >= 15 is 0 Å². The number of benzene rings is 2. The molecule has 0 fully saturated rings. The molecule has 0 saturated carbocycles. The van der Waals surface area contributed by atoms with Gasteiger partial charge in [-0.15, -0.1) is 0 Å². The van der Waals surface area contributed by atoms with Crippen molar-refractivity contribution in [1.29, 1.82) is 0 Å². The van der Waals surface area contributed by atoms with Crippen LogP contribution in [0.3, 0.4) is 0 Å². The maximum Gasteiger partial charge on any atom is 0.238 e. The lowest BCUT2D eigenvalue weighted by molar-refractivity contribution is 0.598. The number of sulfonamides is 1. The van der Waals surface area contributed by atoms with Gasteiger partial charge in [0.05, 0.1) is 15.9 Å². The lowest BCUT2D eigenvalue weighted by Gasteiger charge is -2.07. The van der Waals surface area contributed by atoms with Crippen LogP contribution in [0.25, 0.3) is 11.0 Å². The van der Waals surface area contributed by atoms with Crippen LogP contribution in [0.1, 0.15) is 18.9 Å². The monoisotopic (exact) mass is 395 g/mol. The Kier molecular flexibility index (Phi) is 5.38.